The number of carbonyl (C=O) groups is 2. The summed E-state index contributed by atoms with van der Waals surface area (Å²) in [7, 11) is 0. The van der Waals surface area contributed by atoms with E-state index >= 15 is 0 Å². The first-order valence-corrected chi connectivity index (χ1v) is 8.75. The largest absolute Gasteiger partial charge is 0.481 e. The summed E-state index contributed by atoms with van der Waals surface area (Å²) >= 11 is 11.9. The number of carboxylic acids is 1. The molecule has 5 nitrogen and oxygen atoms in total. The minimum absolute atomic E-state index is 0.0549. The van der Waals surface area contributed by atoms with Gasteiger partial charge in [-0.2, -0.15) is 0 Å². The number of carbonyl (C=O) groups excluding carboxylic acids is 1. The van der Waals surface area contributed by atoms with E-state index in [0.717, 1.165) is 12.8 Å². The molecule has 130 valence electrons. The number of carboxylic acid groups (broad SMARTS) is 1. The van der Waals surface area contributed by atoms with E-state index in [1.807, 2.05) is 0 Å². The lowest BCUT2D eigenvalue weighted by molar-refractivity contribution is -0.143. The molecule has 3 rings (SSSR count). The number of benzene rings is 1. The van der Waals surface area contributed by atoms with Crippen molar-refractivity contribution in [2.75, 3.05) is 13.1 Å². The van der Waals surface area contributed by atoms with Gasteiger partial charge < -0.3 is 14.7 Å². The predicted molar refractivity (Wildman–Crippen MR) is 90.5 cm³/mol. The van der Waals surface area contributed by atoms with E-state index in [0.29, 0.717) is 28.3 Å². The minimum Gasteiger partial charge on any atom is -0.481 e. The second-order valence-electron chi connectivity index (χ2n) is 6.55. The van der Waals surface area contributed by atoms with Crippen molar-refractivity contribution < 1.29 is 19.4 Å². The van der Waals surface area contributed by atoms with Crippen LogP contribution in [0.3, 0.4) is 0 Å². The molecule has 1 unspecified atom stereocenters. The van der Waals surface area contributed by atoms with Gasteiger partial charge in [0.2, 0.25) is 0 Å². The van der Waals surface area contributed by atoms with Crippen molar-refractivity contribution in [3.63, 3.8) is 0 Å². The summed E-state index contributed by atoms with van der Waals surface area (Å²) in [6.07, 6.45) is 1.39. The predicted octanol–water partition coefficient (Wildman–Crippen LogP) is 3.33. The number of hydrogen-bond donors (Lipinski definition) is 1. The highest BCUT2D eigenvalue weighted by molar-refractivity contribution is 6.34. The van der Waals surface area contributed by atoms with Crippen LogP contribution < -0.4 is 4.74 Å². The molecule has 1 aromatic rings. The molecule has 1 saturated heterocycles. The third-order valence-electron chi connectivity index (χ3n) is 4.72. The van der Waals surface area contributed by atoms with Crippen LogP contribution in [0.25, 0.3) is 0 Å². The Morgan fingerprint density at radius 3 is 2.38 bits per heavy atom. The molecule has 1 saturated carbocycles. The van der Waals surface area contributed by atoms with Crippen LogP contribution in [0.1, 0.15) is 19.8 Å². The number of rotatable bonds is 5. The molecule has 0 aromatic heterocycles. The lowest BCUT2D eigenvalue weighted by Crippen LogP contribution is -2.39. The van der Waals surface area contributed by atoms with Crippen LogP contribution in [-0.4, -0.2) is 41.1 Å². The number of nitrogens with zero attached hydrogens (tertiary/aromatic N) is 1. The molecule has 1 aliphatic carbocycles. The van der Waals surface area contributed by atoms with Crippen LogP contribution in [0.2, 0.25) is 10.0 Å². The normalized spacial score (nSPS) is 24.7. The molecule has 3 atom stereocenters. The molecule has 1 N–H and O–H groups in total. The zero-order valence-corrected chi connectivity index (χ0v) is 14.8. The van der Waals surface area contributed by atoms with Gasteiger partial charge in [0, 0.05) is 23.1 Å². The van der Waals surface area contributed by atoms with E-state index in [9.17, 15) is 14.7 Å². The first-order chi connectivity index (χ1) is 11.3. The maximum atomic E-state index is 12.6. The lowest BCUT2D eigenvalue weighted by Gasteiger charge is -2.22. The summed E-state index contributed by atoms with van der Waals surface area (Å²) in [5.74, 6) is -0.598. The topological polar surface area (TPSA) is 66.8 Å². The summed E-state index contributed by atoms with van der Waals surface area (Å²) in [6.45, 7) is 2.39. The number of halogens is 2. The van der Waals surface area contributed by atoms with Gasteiger partial charge in [0.05, 0.1) is 5.92 Å². The average Bonchev–Trinajstić information content (AvgIpc) is 3.23. The fraction of sp³-hybridized carbons (Fsp3) is 0.529. The standard InChI is InChI=1S/C17H19Cl2NO4/c1-9(24-13-5-11(18)4-12(19)6-13)16(21)20-7-14(10-2-3-10)15(8-20)17(22)23/h4-6,9-10,14-15H,2-3,7-8H2,1H3,(H,22,23)/t9?,14-,15+/m1/s1. The average molecular weight is 372 g/mol. The van der Waals surface area contributed by atoms with E-state index < -0.39 is 18.0 Å². The zero-order valence-electron chi connectivity index (χ0n) is 13.2. The maximum absolute atomic E-state index is 12.6. The Hall–Kier alpha value is -1.46. The zero-order chi connectivity index (χ0) is 17.4. The van der Waals surface area contributed by atoms with Gasteiger partial charge in [-0.25, -0.2) is 0 Å². The molecule has 0 bridgehead atoms. The summed E-state index contributed by atoms with van der Waals surface area (Å²) in [5.41, 5.74) is 0. The monoisotopic (exact) mass is 371 g/mol. The fourth-order valence-electron chi connectivity index (χ4n) is 3.38. The van der Waals surface area contributed by atoms with E-state index in [4.69, 9.17) is 27.9 Å². The Kier molecular flexibility index (Phi) is 4.92. The quantitative estimate of drug-likeness (QED) is 0.861. The Morgan fingerprint density at radius 2 is 1.83 bits per heavy atom. The molecule has 24 heavy (non-hydrogen) atoms. The van der Waals surface area contributed by atoms with Crippen molar-refractivity contribution in [2.45, 2.75) is 25.9 Å². The van der Waals surface area contributed by atoms with Crippen LogP contribution in [0.15, 0.2) is 18.2 Å². The first kappa shape index (κ1) is 17.4. The van der Waals surface area contributed by atoms with Crippen molar-refractivity contribution in [3.05, 3.63) is 28.2 Å². The van der Waals surface area contributed by atoms with Crippen LogP contribution in [0.5, 0.6) is 5.75 Å². The van der Waals surface area contributed by atoms with Crippen molar-refractivity contribution in [1.82, 2.24) is 4.90 Å². The van der Waals surface area contributed by atoms with Crippen LogP contribution in [0, 0.1) is 17.8 Å². The molecule has 2 aliphatic rings. The molecule has 0 radical (unpaired) electrons. The van der Waals surface area contributed by atoms with E-state index in [2.05, 4.69) is 0 Å². The summed E-state index contributed by atoms with van der Waals surface area (Å²) in [6, 6.07) is 4.77. The van der Waals surface area contributed by atoms with Gasteiger partial charge in [-0.15, -0.1) is 0 Å². The molecular weight excluding hydrogens is 353 g/mol. The van der Waals surface area contributed by atoms with E-state index in [1.54, 1.807) is 30.0 Å². The van der Waals surface area contributed by atoms with Gasteiger partial charge >= 0.3 is 5.97 Å². The number of hydrogen-bond acceptors (Lipinski definition) is 3. The Bertz CT molecular complexity index is 642. The summed E-state index contributed by atoms with van der Waals surface area (Å²) in [5, 5.41) is 10.3. The van der Waals surface area contributed by atoms with Gasteiger partial charge in [0.25, 0.3) is 5.91 Å². The molecule has 0 spiro atoms. The molecular formula is C17H19Cl2NO4. The molecule has 1 amide bonds. The third-order valence-corrected chi connectivity index (χ3v) is 5.15. The van der Waals surface area contributed by atoms with Gasteiger partial charge in [-0.3, -0.25) is 9.59 Å². The van der Waals surface area contributed by atoms with E-state index in [1.165, 1.54) is 0 Å². The smallest absolute Gasteiger partial charge is 0.308 e. The Labute approximate surface area is 150 Å². The Morgan fingerprint density at radius 1 is 1.21 bits per heavy atom. The second kappa shape index (κ2) is 6.81. The number of aliphatic carboxylic acids is 1. The van der Waals surface area contributed by atoms with Gasteiger partial charge in [-0.05, 0) is 49.8 Å². The minimum atomic E-state index is -0.822. The van der Waals surface area contributed by atoms with E-state index in [-0.39, 0.29) is 18.4 Å². The Balaban J connectivity index is 1.66. The highest BCUT2D eigenvalue weighted by Crippen LogP contribution is 2.44. The lowest BCUT2D eigenvalue weighted by atomic mass is 9.92. The van der Waals surface area contributed by atoms with Crippen molar-refractivity contribution in [3.8, 4) is 5.75 Å². The fourth-order valence-corrected chi connectivity index (χ4v) is 3.89. The van der Waals surface area contributed by atoms with Gasteiger partial charge in [0.1, 0.15) is 5.75 Å². The van der Waals surface area contributed by atoms with Crippen molar-refractivity contribution in [2.24, 2.45) is 17.8 Å². The molecule has 7 heteroatoms. The van der Waals surface area contributed by atoms with Crippen LogP contribution in [0.4, 0.5) is 0 Å². The molecule has 1 aliphatic heterocycles. The first-order valence-electron chi connectivity index (χ1n) is 7.99. The number of likely N-dealkylation sites (tertiary alicyclic amines) is 1. The van der Waals surface area contributed by atoms with Crippen LogP contribution in [-0.2, 0) is 9.59 Å². The van der Waals surface area contributed by atoms with Crippen molar-refractivity contribution >= 4 is 35.1 Å². The maximum Gasteiger partial charge on any atom is 0.308 e. The number of ether oxygens (including phenoxy) is 1. The second-order valence-corrected chi connectivity index (χ2v) is 7.43. The summed E-state index contributed by atoms with van der Waals surface area (Å²) < 4.78 is 5.65. The molecule has 1 heterocycles. The van der Waals surface area contributed by atoms with Crippen molar-refractivity contribution in [1.29, 1.82) is 0 Å². The van der Waals surface area contributed by atoms with Gasteiger partial charge in [-0.1, -0.05) is 23.2 Å². The highest BCUT2D eigenvalue weighted by atomic mass is 35.5. The SMILES string of the molecule is CC(Oc1cc(Cl)cc(Cl)c1)C(=O)N1C[C@H](C(=O)O)[C@@H](C2CC2)C1. The van der Waals surface area contributed by atoms with Crippen LogP contribution >= 0.6 is 23.2 Å². The highest BCUT2D eigenvalue weighted by Gasteiger charge is 2.47. The van der Waals surface area contributed by atoms with Gasteiger partial charge in [0.15, 0.2) is 6.10 Å². The number of amides is 1. The summed E-state index contributed by atoms with van der Waals surface area (Å²) in [4.78, 5) is 25.7. The molecule has 2 fully saturated rings. The third kappa shape index (κ3) is 3.78. The molecule has 1 aromatic carbocycles.